The first-order valence-corrected chi connectivity index (χ1v) is 8.29. The summed E-state index contributed by atoms with van der Waals surface area (Å²) in [6.45, 7) is 4.03. The molecule has 0 saturated carbocycles. The molecule has 0 saturated heterocycles. The monoisotopic (exact) mass is 346 g/mol. The van der Waals surface area contributed by atoms with E-state index < -0.39 is 0 Å². The average Bonchev–Trinajstić information content (AvgIpc) is 3.02. The van der Waals surface area contributed by atoms with Gasteiger partial charge < -0.3 is 20.2 Å². The highest BCUT2D eigenvalue weighted by molar-refractivity contribution is 7.80. The van der Waals surface area contributed by atoms with E-state index in [0.29, 0.717) is 23.9 Å². The van der Waals surface area contributed by atoms with E-state index in [0.717, 1.165) is 17.7 Å². The van der Waals surface area contributed by atoms with Crippen LogP contribution in [0.5, 0.6) is 0 Å². The van der Waals surface area contributed by atoms with Crippen molar-refractivity contribution in [1.82, 2.24) is 5.32 Å². The van der Waals surface area contributed by atoms with Crippen LogP contribution in [0.25, 0.3) is 11.3 Å². The number of carbonyl (C=O) groups is 1. The molecule has 24 heavy (non-hydrogen) atoms. The molecule has 0 atom stereocenters. The lowest BCUT2D eigenvalue weighted by atomic mass is 10.1. The van der Waals surface area contributed by atoms with Gasteiger partial charge in [0.15, 0.2) is 5.11 Å². The molecule has 0 aliphatic rings. The molecule has 5 nitrogen and oxygen atoms in total. The van der Waals surface area contributed by atoms with E-state index in [1.807, 2.05) is 30.3 Å². The molecule has 0 aliphatic carbocycles. The Kier molecular flexibility index (Phi) is 6.52. The van der Waals surface area contributed by atoms with E-state index in [1.54, 1.807) is 6.07 Å². The van der Waals surface area contributed by atoms with Crippen molar-refractivity contribution in [3.8, 4) is 11.3 Å². The Morgan fingerprint density at radius 1 is 1.21 bits per heavy atom. The molecule has 1 aromatic carbocycles. The molecule has 128 valence electrons. The Morgan fingerprint density at radius 3 is 2.50 bits per heavy atom. The van der Waals surface area contributed by atoms with Crippen LogP contribution in [0.3, 0.4) is 0 Å². The smallest absolute Gasteiger partial charge is 0.226 e. The number of anilines is 1. The van der Waals surface area contributed by atoms with Gasteiger partial charge in [0.1, 0.15) is 18.1 Å². The van der Waals surface area contributed by atoms with Crippen LogP contribution in [0.1, 0.15) is 32.4 Å². The summed E-state index contributed by atoms with van der Waals surface area (Å²) in [5.41, 5.74) is 1.67. The first-order chi connectivity index (χ1) is 11.5. The number of benzene rings is 1. The summed E-state index contributed by atoms with van der Waals surface area (Å²) in [7, 11) is 0. The normalized spacial score (nSPS) is 10.7. The first kappa shape index (κ1) is 18.2. The second-order valence-electron chi connectivity index (χ2n) is 5.94. The molecule has 0 radical (unpaired) electrons. The number of thiocarbonyl (C=S) groups is 1. The van der Waals surface area contributed by atoms with Crippen molar-refractivity contribution in [2.24, 2.45) is 5.92 Å². The maximum absolute atomic E-state index is 11.7. The molecule has 0 unspecified atom stereocenters. The molecule has 0 fully saturated rings. The number of hydrogen-bond donors (Lipinski definition) is 3. The van der Waals surface area contributed by atoms with E-state index in [4.69, 9.17) is 21.7 Å². The van der Waals surface area contributed by atoms with Gasteiger partial charge in [0.25, 0.3) is 0 Å². The van der Waals surface area contributed by atoms with E-state index in [9.17, 15) is 4.79 Å². The maximum atomic E-state index is 11.7. The minimum Gasteiger partial charge on any atom is -0.459 e. The number of rotatable bonds is 6. The number of nitrogens with one attached hydrogen (secondary N) is 2. The third kappa shape index (κ3) is 5.47. The summed E-state index contributed by atoms with van der Waals surface area (Å²) in [5.74, 6) is 1.62. The Hall–Kier alpha value is -2.18. The summed E-state index contributed by atoms with van der Waals surface area (Å²) in [6.07, 6.45) is 1.30. The number of aliphatic hydroxyl groups is 1. The third-order valence-electron chi connectivity index (χ3n) is 3.45. The fourth-order valence-corrected chi connectivity index (χ4v) is 2.34. The Labute approximate surface area is 147 Å². The molecule has 0 aliphatic heterocycles. The molecule has 6 heteroatoms. The zero-order valence-electron chi connectivity index (χ0n) is 13.8. The molecule has 0 spiro atoms. The van der Waals surface area contributed by atoms with Gasteiger partial charge in [0.2, 0.25) is 5.91 Å². The van der Waals surface area contributed by atoms with Crippen molar-refractivity contribution in [2.75, 3.05) is 5.32 Å². The molecule has 1 heterocycles. The highest BCUT2D eigenvalue weighted by atomic mass is 32.1. The van der Waals surface area contributed by atoms with Gasteiger partial charge in [0.05, 0.1) is 0 Å². The molecule has 3 N–H and O–H groups in total. The number of furan rings is 1. The zero-order chi connectivity index (χ0) is 17.5. The first-order valence-electron chi connectivity index (χ1n) is 7.88. The zero-order valence-corrected chi connectivity index (χ0v) is 14.7. The predicted octanol–water partition coefficient (Wildman–Crippen LogP) is 3.69. The molecule has 0 bridgehead atoms. The highest BCUT2D eigenvalue weighted by Crippen LogP contribution is 2.23. The second-order valence-corrected chi connectivity index (χ2v) is 6.34. The molecule has 2 aromatic rings. The Bertz CT molecular complexity index is 693. The summed E-state index contributed by atoms with van der Waals surface area (Å²) < 4.78 is 5.49. The van der Waals surface area contributed by atoms with Crippen LogP contribution in [-0.4, -0.2) is 16.1 Å². The van der Waals surface area contributed by atoms with Gasteiger partial charge in [-0.15, -0.1) is 0 Å². The Morgan fingerprint density at radius 2 is 1.92 bits per heavy atom. The van der Waals surface area contributed by atoms with Crippen LogP contribution < -0.4 is 10.6 Å². The SMILES string of the molecule is CC(C)CCC(=O)NC(=S)Nc1ccc(-c2ccc(CO)o2)cc1. The predicted molar refractivity (Wildman–Crippen MR) is 98.5 cm³/mol. The number of amides is 1. The van der Waals surface area contributed by atoms with Gasteiger partial charge in [-0.1, -0.05) is 13.8 Å². The van der Waals surface area contributed by atoms with Crippen LogP contribution in [0, 0.1) is 5.92 Å². The van der Waals surface area contributed by atoms with E-state index >= 15 is 0 Å². The lowest BCUT2D eigenvalue weighted by Gasteiger charge is -2.10. The van der Waals surface area contributed by atoms with Crippen molar-refractivity contribution >= 4 is 28.9 Å². The maximum Gasteiger partial charge on any atom is 0.226 e. The number of hydrogen-bond acceptors (Lipinski definition) is 4. The Balaban J connectivity index is 1.89. The quantitative estimate of drug-likeness (QED) is 0.696. The second kappa shape index (κ2) is 8.61. The van der Waals surface area contributed by atoms with Gasteiger partial charge in [-0.05, 0) is 61.0 Å². The van der Waals surface area contributed by atoms with Crippen molar-refractivity contribution in [1.29, 1.82) is 0 Å². The number of aliphatic hydroxyl groups excluding tert-OH is 1. The van der Waals surface area contributed by atoms with Crippen molar-refractivity contribution in [3.63, 3.8) is 0 Å². The largest absolute Gasteiger partial charge is 0.459 e. The average molecular weight is 346 g/mol. The van der Waals surface area contributed by atoms with Crippen molar-refractivity contribution in [2.45, 2.75) is 33.3 Å². The van der Waals surface area contributed by atoms with Crippen LogP contribution in [-0.2, 0) is 11.4 Å². The topological polar surface area (TPSA) is 74.5 Å². The molecular formula is C18H22N2O3S. The summed E-state index contributed by atoms with van der Waals surface area (Å²) >= 11 is 5.15. The van der Waals surface area contributed by atoms with Gasteiger partial charge in [-0.2, -0.15) is 0 Å². The summed E-state index contributed by atoms with van der Waals surface area (Å²) in [5, 5.41) is 15.0. The van der Waals surface area contributed by atoms with Crippen molar-refractivity contribution in [3.05, 3.63) is 42.2 Å². The lowest BCUT2D eigenvalue weighted by Crippen LogP contribution is -2.34. The van der Waals surface area contributed by atoms with Gasteiger partial charge >= 0.3 is 0 Å². The molecular weight excluding hydrogens is 324 g/mol. The third-order valence-corrected chi connectivity index (χ3v) is 3.65. The van der Waals surface area contributed by atoms with Gasteiger partial charge in [0, 0.05) is 17.7 Å². The minimum atomic E-state index is -0.121. The van der Waals surface area contributed by atoms with Crippen LogP contribution in [0.15, 0.2) is 40.8 Å². The van der Waals surface area contributed by atoms with Crippen LogP contribution >= 0.6 is 12.2 Å². The lowest BCUT2D eigenvalue weighted by molar-refractivity contribution is -0.119. The van der Waals surface area contributed by atoms with Crippen LogP contribution in [0.4, 0.5) is 5.69 Å². The van der Waals surface area contributed by atoms with E-state index in [2.05, 4.69) is 24.5 Å². The van der Waals surface area contributed by atoms with E-state index in [1.165, 1.54) is 0 Å². The summed E-state index contributed by atoms with van der Waals surface area (Å²) in [6, 6.07) is 11.0. The minimum absolute atomic E-state index is 0.0788. The van der Waals surface area contributed by atoms with Crippen LogP contribution in [0.2, 0.25) is 0 Å². The van der Waals surface area contributed by atoms with E-state index in [-0.39, 0.29) is 17.6 Å². The van der Waals surface area contributed by atoms with Gasteiger partial charge in [-0.25, -0.2) is 0 Å². The van der Waals surface area contributed by atoms with Gasteiger partial charge in [-0.3, -0.25) is 4.79 Å². The fraction of sp³-hybridized carbons (Fsp3) is 0.333. The van der Waals surface area contributed by atoms with Crippen molar-refractivity contribution < 1.29 is 14.3 Å². The molecule has 1 amide bonds. The standard InChI is InChI=1S/C18H22N2O3S/c1-12(2)3-10-17(22)20-18(24)19-14-6-4-13(5-7-14)16-9-8-15(11-21)23-16/h4-9,12,21H,3,10-11H2,1-2H3,(H2,19,20,22,24). The number of carbonyl (C=O) groups excluding carboxylic acids is 1. The molecule has 1 aromatic heterocycles. The molecule has 2 rings (SSSR count). The highest BCUT2D eigenvalue weighted by Gasteiger charge is 2.07. The summed E-state index contributed by atoms with van der Waals surface area (Å²) in [4.78, 5) is 11.7. The fourth-order valence-electron chi connectivity index (χ4n) is 2.11.